The van der Waals surface area contributed by atoms with E-state index in [0.29, 0.717) is 18.2 Å². The van der Waals surface area contributed by atoms with Crippen LogP contribution >= 0.6 is 0 Å². The van der Waals surface area contributed by atoms with Crippen molar-refractivity contribution < 1.29 is 13.2 Å². The minimum atomic E-state index is -3.46. The van der Waals surface area contributed by atoms with Gasteiger partial charge in [0.1, 0.15) is 5.71 Å². The molecule has 19 heavy (non-hydrogen) atoms. The van der Waals surface area contributed by atoms with Gasteiger partial charge in [-0.3, -0.25) is 9.79 Å². The molecule has 2 saturated carbocycles. The molecule has 3 atom stereocenters. The molecule has 1 spiro atoms. The highest BCUT2D eigenvalue weighted by atomic mass is 32.2. The van der Waals surface area contributed by atoms with E-state index in [9.17, 15) is 13.2 Å². The lowest BCUT2D eigenvalue weighted by molar-refractivity contribution is -0.121. The molecule has 1 saturated heterocycles. The van der Waals surface area contributed by atoms with Crippen molar-refractivity contribution in [2.75, 3.05) is 12.3 Å². The smallest absolute Gasteiger partial charge is 0.275 e. The molecule has 2 aliphatic carbocycles. The Kier molecular flexibility index (Phi) is 1.91. The quantitative estimate of drug-likeness (QED) is 0.714. The molecule has 2 heterocycles. The Morgan fingerprint density at radius 2 is 2.11 bits per heavy atom. The SMILES string of the molecule is CC1(C)[C@H]2CC[C@@]13CS(=O)(=O)N(C(=O)C1=NC1)[C@H]3C2. The molecule has 104 valence electrons. The first-order valence-corrected chi connectivity index (χ1v) is 8.50. The number of fused-ring (bicyclic) bond motifs is 1. The summed E-state index contributed by atoms with van der Waals surface area (Å²) < 4.78 is 26.1. The summed E-state index contributed by atoms with van der Waals surface area (Å²) in [5.41, 5.74) is 0.230. The van der Waals surface area contributed by atoms with Crippen molar-refractivity contribution in [2.24, 2.45) is 21.7 Å². The fourth-order valence-corrected chi connectivity index (χ4v) is 7.39. The van der Waals surface area contributed by atoms with E-state index in [1.54, 1.807) is 0 Å². The highest BCUT2D eigenvalue weighted by Gasteiger charge is 2.72. The van der Waals surface area contributed by atoms with Gasteiger partial charge in [0.25, 0.3) is 5.91 Å². The molecule has 0 unspecified atom stereocenters. The van der Waals surface area contributed by atoms with Crippen LogP contribution < -0.4 is 0 Å². The van der Waals surface area contributed by atoms with Crippen molar-refractivity contribution in [3.05, 3.63) is 0 Å². The first-order chi connectivity index (χ1) is 8.80. The van der Waals surface area contributed by atoms with Crippen LogP contribution in [0, 0.1) is 16.7 Å². The molecular weight excluding hydrogens is 264 g/mol. The highest BCUT2D eigenvalue weighted by Crippen LogP contribution is 2.69. The number of carbonyl (C=O) groups excluding carboxylic acids is 1. The fourth-order valence-electron chi connectivity index (χ4n) is 4.86. The van der Waals surface area contributed by atoms with E-state index in [1.165, 1.54) is 4.31 Å². The maximum atomic E-state index is 12.5. The third-order valence-corrected chi connectivity index (χ3v) is 8.07. The number of hydrogen-bond donors (Lipinski definition) is 0. The van der Waals surface area contributed by atoms with Crippen molar-refractivity contribution in [1.29, 1.82) is 0 Å². The predicted molar refractivity (Wildman–Crippen MR) is 70.3 cm³/mol. The summed E-state index contributed by atoms with van der Waals surface area (Å²) in [7, 11) is -3.46. The molecule has 0 aromatic carbocycles. The lowest BCUT2D eigenvalue weighted by Gasteiger charge is -2.36. The van der Waals surface area contributed by atoms with Crippen LogP contribution in [0.1, 0.15) is 33.1 Å². The van der Waals surface area contributed by atoms with Gasteiger partial charge >= 0.3 is 0 Å². The zero-order valence-electron chi connectivity index (χ0n) is 11.2. The molecule has 4 rings (SSSR count). The van der Waals surface area contributed by atoms with Gasteiger partial charge in [0.15, 0.2) is 0 Å². The summed E-state index contributed by atoms with van der Waals surface area (Å²) in [6.07, 6.45) is 2.87. The maximum absolute atomic E-state index is 12.5. The van der Waals surface area contributed by atoms with Gasteiger partial charge < -0.3 is 0 Å². The van der Waals surface area contributed by atoms with Crippen molar-refractivity contribution in [3.63, 3.8) is 0 Å². The lowest BCUT2D eigenvalue weighted by atomic mass is 9.69. The van der Waals surface area contributed by atoms with Crippen LogP contribution in [0.2, 0.25) is 0 Å². The number of sulfonamides is 1. The van der Waals surface area contributed by atoms with Crippen LogP contribution in [-0.4, -0.2) is 42.7 Å². The molecule has 3 fully saturated rings. The molecule has 5 nitrogen and oxygen atoms in total. The lowest BCUT2D eigenvalue weighted by Crippen LogP contribution is -2.45. The van der Waals surface area contributed by atoms with E-state index in [0.717, 1.165) is 19.3 Å². The van der Waals surface area contributed by atoms with Gasteiger partial charge in [-0.2, -0.15) is 0 Å². The largest absolute Gasteiger partial charge is 0.283 e. The van der Waals surface area contributed by atoms with Crippen LogP contribution in [0.5, 0.6) is 0 Å². The predicted octanol–water partition coefficient (Wildman–Crippen LogP) is 0.808. The molecule has 0 aromatic rings. The van der Waals surface area contributed by atoms with Gasteiger partial charge in [0, 0.05) is 5.41 Å². The Bertz CT molecular complexity index is 622. The van der Waals surface area contributed by atoms with Crippen LogP contribution in [-0.2, 0) is 14.8 Å². The molecule has 0 radical (unpaired) electrons. The van der Waals surface area contributed by atoms with Gasteiger partial charge in [-0.05, 0) is 30.6 Å². The van der Waals surface area contributed by atoms with Crippen molar-refractivity contribution in [2.45, 2.75) is 39.2 Å². The summed E-state index contributed by atoms with van der Waals surface area (Å²) in [5, 5.41) is 0. The van der Waals surface area contributed by atoms with Crippen LogP contribution in [0.15, 0.2) is 4.99 Å². The first kappa shape index (κ1) is 11.9. The second-order valence-electron chi connectivity index (χ2n) is 6.99. The van der Waals surface area contributed by atoms with Gasteiger partial charge in [0.05, 0.1) is 18.3 Å². The van der Waals surface area contributed by atoms with Gasteiger partial charge in [-0.15, -0.1) is 0 Å². The van der Waals surface area contributed by atoms with Gasteiger partial charge in [-0.25, -0.2) is 12.7 Å². The number of aliphatic imine (C=N–C) groups is 1. The van der Waals surface area contributed by atoms with Crippen molar-refractivity contribution >= 4 is 21.6 Å². The minimum Gasteiger partial charge on any atom is -0.275 e. The van der Waals surface area contributed by atoms with Gasteiger partial charge in [0.2, 0.25) is 10.0 Å². The average Bonchev–Trinajstić information content (AvgIpc) is 3.03. The number of carbonyl (C=O) groups is 1. The highest BCUT2D eigenvalue weighted by molar-refractivity contribution is 7.90. The zero-order chi connectivity index (χ0) is 13.6. The normalized spacial score (nSPS) is 44.1. The molecule has 2 bridgehead atoms. The summed E-state index contributed by atoms with van der Waals surface area (Å²) in [6, 6.07) is -0.123. The van der Waals surface area contributed by atoms with Crippen LogP contribution in [0.3, 0.4) is 0 Å². The number of nitrogens with zero attached hydrogens (tertiary/aromatic N) is 2. The standard InChI is InChI=1S/C13H18N2O3S/c1-12(2)8-3-4-13(12)7-19(17,18)15(10(13)5-8)11(16)9-6-14-9/h8,10H,3-7H2,1-2H3/t8-,10-,13-/m0/s1. The number of rotatable bonds is 1. The Morgan fingerprint density at radius 3 is 2.68 bits per heavy atom. The zero-order valence-corrected chi connectivity index (χ0v) is 12.0. The third kappa shape index (κ3) is 1.19. The van der Waals surface area contributed by atoms with E-state index < -0.39 is 10.0 Å². The Balaban J connectivity index is 1.83. The van der Waals surface area contributed by atoms with E-state index >= 15 is 0 Å². The van der Waals surface area contributed by atoms with E-state index in [2.05, 4.69) is 18.8 Å². The Hall–Kier alpha value is -0.910. The van der Waals surface area contributed by atoms with E-state index in [-0.39, 0.29) is 28.5 Å². The third-order valence-electron chi connectivity index (χ3n) is 6.17. The van der Waals surface area contributed by atoms with E-state index in [4.69, 9.17) is 0 Å². The summed E-state index contributed by atoms with van der Waals surface area (Å²) >= 11 is 0. The maximum Gasteiger partial charge on any atom is 0.283 e. The second-order valence-corrected chi connectivity index (χ2v) is 8.83. The van der Waals surface area contributed by atoms with Crippen molar-refractivity contribution in [3.8, 4) is 0 Å². The van der Waals surface area contributed by atoms with Crippen LogP contribution in [0.25, 0.3) is 0 Å². The Morgan fingerprint density at radius 1 is 1.42 bits per heavy atom. The number of hydrogen-bond acceptors (Lipinski definition) is 4. The topological polar surface area (TPSA) is 66.8 Å². The Labute approximate surface area is 113 Å². The molecule has 0 aromatic heterocycles. The molecule has 0 N–H and O–H groups in total. The molecule has 2 aliphatic heterocycles. The molecular formula is C13H18N2O3S. The summed E-state index contributed by atoms with van der Waals surface area (Å²) in [5.74, 6) is 0.336. The monoisotopic (exact) mass is 282 g/mol. The fraction of sp³-hybridized carbons (Fsp3) is 0.846. The minimum absolute atomic E-state index is 0.0190. The van der Waals surface area contributed by atoms with Crippen molar-refractivity contribution in [1.82, 2.24) is 4.31 Å². The first-order valence-electron chi connectivity index (χ1n) is 6.89. The molecule has 6 heteroatoms. The number of amides is 1. The molecule has 1 amide bonds. The average molecular weight is 282 g/mol. The summed E-state index contributed by atoms with van der Waals surface area (Å²) in [4.78, 5) is 16.1. The summed E-state index contributed by atoms with van der Waals surface area (Å²) in [6.45, 7) is 4.78. The van der Waals surface area contributed by atoms with Crippen LogP contribution in [0.4, 0.5) is 0 Å². The second kappa shape index (κ2) is 3.05. The molecule has 4 aliphatic rings. The van der Waals surface area contributed by atoms with E-state index in [1.807, 2.05) is 0 Å². The van der Waals surface area contributed by atoms with Gasteiger partial charge in [-0.1, -0.05) is 13.8 Å².